The number of ether oxygens (including phenoxy) is 1. The molecule has 0 spiro atoms. The molecule has 0 aliphatic carbocycles. The molecule has 9 heteroatoms. The Morgan fingerprint density at radius 3 is 2.81 bits per heavy atom. The van der Waals surface area contributed by atoms with E-state index >= 15 is 0 Å². The zero-order chi connectivity index (χ0) is 19.3. The van der Waals surface area contributed by atoms with E-state index in [-0.39, 0.29) is 23.6 Å². The molecule has 0 bridgehead atoms. The summed E-state index contributed by atoms with van der Waals surface area (Å²) in [6.45, 7) is 1.65. The van der Waals surface area contributed by atoms with Crippen LogP contribution in [0.1, 0.15) is 23.7 Å². The molecule has 1 aromatic heterocycles. The fraction of sp³-hybridized carbons (Fsp3) is 0.235. The number of pyridine rings is 1. The van der Waals surface area contributed by atoms with Crippen LogP contribution in [0.3, 0.4) is 0 Å². The van der Waals surface area contributed by atoms with Gasteiger partial charge in [-0.15, -0.1) is 0 Å². The lowest BCUT2D eigenvalue weighted by Gasteiger charge is -2.25. The van der Waals surface area contributed by atoms with Gasteiger partial charge in [0.1, 0.15) is 17.9 Å². The average molecular weight is 361 g/mol. The van der Waals surface area contributed by atoms with Crippen LogP contribution < -0.4 is 26.6 Å². The molecule has 2 aromatic rings. The van der Waals surface area contributed by atoms with E-state index in [0.717, 1.165) is 11.1 Å². The Labute approximate surface area is 149 Å². The number of anilines is 3. The van der Waals surface area contributed by atoms with Gasteiger partial charge >= 0.3 is 0 Å². The van der Waals surface area contributed by atoms with E-state index in [4.69, 9.17) is 16.3 Å². The lowest BCUT2D eigenvalue weighted by molar-refractivity contribution is -0.108. The zero-order valence-electron chi connectivity index (χ0n) is 14.4. The lowest BCUT2D eigenvalue weighted by atomic mass is 10.2. The minimum absolute atomic E-state index is 0.0379. The van der Waals surface area contributed by atoms with Crippen molar-refractivity contribution in [3.05, 3.63) is 41.7 Å². The third kappa shape index (κ3) is 4.25. The molecule has 8 nitrogen and oxygen atoms in total. The van der Waals surface area contributed by atoms with Crippen LogP contribution in [0, 0.1) is 5.82 Å². The number of primary amides is 1. The van der Waals surface area contributed by atoms with Crippen LogP contribution in [0.4, 0.5) is 21.7 Å². The van der Waals surface area contributed by atoms with Crippen molar-refractivity contribution >= 4 is 29.5 Å². The Kier molecular flexibility index (Phi) is 6.07. The van der Waals surface area contributed by atoms with E-state index < -0.39 is 17.8 Å². The van der Waals surface area contributed by atoms with E-state index in [1.807, 2.05) is 0 Å². The first-order valence-corrected chi connectivity index (χ1v) is 7.76. The molecule has 1 amide bonds. The number of halogens is 1. The Bertz CT molecular complexity index is 815. The molecule has 0 aliphatic heterocycles. The molecule has 0 radical (unpaired) electrons. The summed E-state index contributed by atoms with van der Waals surface area (Å²) in [7, 11) is 1.52. The predicted octanol–water partition coefficient (Wildman–Crippen LogP) is 1.73. The van der Waals surface area contributed by atoms with Gasteiger partial charge in [-0.2, -0.15) is 0 Å². The number of hydrogen-bond acceptors (Lipinski definition) is 7. The quantitative estimate of drug-likeness (QED) is 0.371. The maximum absolute atomic E-state index is 14.4. The van der Waals surface area contributed by atoms with Gasteiger partial charge in [-0.25, -0.2) is 15.2 Å². The van der Waals surface area contributed by atoms with Crippen LogP contribution in [0.5, 0.6) is 5.75 Å². The number of hydrazine groups is 1. The van der Waals surface area contributed by atoms with Crippen LogP contribution in [0.25, 0.3) is 0 Å². The van der Waals surface area contributed by atoms with Crippen molar-refractivity contribution in [3.8, 4) is 5.75 Å². The fourth-order valence-corrected chi connectivity index (χ4v) is 2.24. The number of hydrogen-bond donors (Lipinski definition) is 3. The molecule has 0 unspecified atom stereocenters. The van der Waals surface area contributed by atoms with Gasteiger partial charge in [0.2, 0.25) is 0 Å². The molecule has 5 N–H and O–H groups in total. The number of carbonyl (C=O) groups is 2. The molecule has 0 saturated carbocycles. The number of aldehydes is 1. The minimum Gasteiger partial charge on any atom is -0.497 e. The summed E-state index contributed by atoms with van der Waals surface area (Å²) in [6.07, 6.45) is 0.767. The third-order valence-corrected chi connectivity index (χ3v) is 3.71. The van der Waals surface area contributed by atoms with Crippen molar-refractivity contribution in [2.75, 3.05) is 17.4 Å². The topological polar surface area (TPSA) is 124 Å². The highest BCUT2D eigenvalue weighted by Gasteiger charge is 2.21. The second kappa shape index (κ2) is 8.26. The van der Waals surface area contributed by atoms with Gasteiger partial charge in [-0.1, -0.05) is 6.07 Å². The second-order valence-electron chi connectivity index (χ2n) is 5.57. The number of carbonyl (C=O) groups excluding carboxylic acids is 2. The summed E-state index contributed by atoms with van der Waals surface area (Å²) in [5.41, 5.74) is 5.75. The molecule has 1 atom stereocenters. The smallest absolute Gasteiger partial charge is 0.252 e. The molecule has 2 rings (SSSR count). The Balaban J connectivity index is 2.46. The third-order valence-electron chi connectivity index (χ3n) is 3.71. The van der Waals surface area contributed by atoms with Crippen molar-refractivity contribution in [2.45, 2.75) is 19.4 Å². The second-order valence-corrected chi connectivity index (χ2v) is 5.57. The maximum Gasteiger partial charge on any atom is 0.252 e. The Morgan fingerprint density at radius 1 is 1.46 bits per heavy atom. The Morgan fingerprint density at radius 2 is 2.19 bits per heavy atom. The fourth-order valence-electron chi connectivity index (χ4n) is 2.24. The highest BCUT2D eigenvalue weighted by Crippen LogP contribution is 2.27. The lowest BCUT2D eigenvalue weighted by Crippen LogP contribution is -2.41. The standard InChI is InChI=1S/C17H20FN5O3/c1-10(6-7-24)23(20)17-14(18)9-13(15(19)25)16(22-17)21-11-4-3-5-12(8-11)26-2/h3-5,7-10H,6,20H2,1-2H3,(H2,19,25)(H,21,22)/t10-/m1/s1. The first-order valence-electron chi connectivity index (χ1n) is 7.76. The van der Waals surface area contributed by atoms with E-state index in [1.54, 1.807) is 31.2 Å². The Hall–Kier alpha value is -3.20. The molecule has 0 saturated heterocycles. The van der Waals surface area contributed by atoms with Crippen LogP contribution in [0.15, 0.2) is 30.3 Å². The molecule has 1 aromatic carbocycles. The number of benzene rings is 1. The normalized spacial score (nSPS) is 11.5. The van der Waals surface area contributed by atoms with Gasteiger partial charge < -0.3 is 20.6 Å². The van der Waals surface area contributed by atoms with Crippen LogP contribution >= 0.6 is 0 Å². The van der Waals surface area contributed by atoms with Crippen LogP contribution in [-0.2, 0) is 4.79 Å². The van der Waals surface area contributed by atoms with Crippen molar-refractivity contribution in [2.24, 2.45) is 11.6 Å². The summed E-state index contributed by atoms with van der Waals surface area (Å²) in [5, 5.41) is 3.94. The van der Waals surface area contributed by atoms with Crippen molar-refractivity contribution < 1.29 is 18.7 Å². The largest absolute Gasteiger partial charge is 0.497 e. The molecule has 138 valence electrons. The SMILES string of the molecule is COc1cccc(Nc2nc(N(N)[C@H](C)CC=O)c(F)cc2C(N)=O)c1. The number of methoxy groups -OCH3 is 1. The van der Waals surface area contributed by atoms with Crippen molar-refractivity contribution in [1.29, 1.82) is 0 Å². The number of aromatic nitrogens is 1. The van der Waals surface area contributed by atoms with Gasteiger partial charge in [0.25, 0.3) is 5.91 Å². The first kappa shape index (κ1) is 19.1. The number of rotatable bonds is 8. The zero-order valence-corrected chi connectivity index (χ0v) is 14.4. The van der Waals surface area contributed by atoms with Crippen molar-refractivity contribution in [1.82, 2.24) is 4.98 Å². The molecule has 1 heterocycles. The van der Waals surface area contributed by atoms with Gasteiger partial charge in [0.05, 0.1) is 18.7 Å². The highest BCUT2D eigenvalue weighted by molar-refractivity contribution is 5.98. The monoisotopic (exact) mass is 361 g/mol. The number of nitrogens with two attached hydrogens (primary N) is 2. The summed E-state index contributed by atoms with van der Waals surface area (Å²) >= 11 is 0. The van der Waals surface area contributed by atoms with Gasteiger partial charge in [-0.05, 0) is 25.1 Å². The van der Waals surface area contributed by atoms with Gasteiger partial charge in [0, 0.05) is 18.2 Å². The van der Waals surface area contributed by atoms with E-state index in [0.29, 0.717) is 17.7 Å². The summed E-state index contributed by atoms with van der Waals surface area (Å²) in [6, 6.07) is 7.33. The molecule has 0 aliphatic rings. The maximum atomic E-state index is 14.4. The average Bonchev–Trinajstić information content (AvgIpc) is 2.62. The minimum atomic E-state index is -0.849. The van der Waals surface area contributed by atoms with E-state index in [2.05, 4.69) is 10.3 Å². The number of nitrogens with zero attached hydrogens (tertiary/aromatic N) is 2. The summed E-state index contributed by atoms with van der Waals surface area (Å²) in [5.74, 6) is 4.60. The summed E-state index contributed by atoms with van der Waals surface area (Å²) in [4.78, 5) is 26.4. The van der Waals surface area contributed by atoms with Gasteiger partial charge in [-0.3, -0.25) is 9.80 Å². The van der Waals surface area contributed by atoms with Gasteiger partial charge in [0.15, 0.2) is 11.6 Å². The first-order chi connectivity index (χ1) is 12.4. The molecular weight excluding hydrogens is 341 g/mol. The summed E-state index contributed by atoms with van der Waals surface area (Å²) < 4.78 is 19.5. The van der Waals surface area contributed by atoms with Crippen molar-refractivity contribution in [3.63, 3.8) is 0 Å². The van der Waals surface area contributed by atoms with E-state index in [9.17, 15) is 14.0 Å². The molecule has 0 fully saturated rings. The molecule has 26 heavy (non-hydrogen) atoms. The molecular formula is C17H20FN5O3. The van der Waals surface area contributed by atoms with Crippen LogP contribution in [0.2, 0.25) is 0 Å². The highest BCUT2D eigenvalue weighted by atomic mass is 19.1. The van der Waals surface area contributed by atoms with E-state index in [1.165, 1.54) is 7.11 Å². The predicted molar refractivity (Wildman–Crippen MR) is 95.8 cm³/mol. The number of nitrogens with one attached hydrogen (secondary N) is 1. The van der Waals surface area contributed by atoms with Crippen LogP contribution in [-0.4, -0.2) is 30.3 Å². The number of amides is 1.